The van der Waals surface area contributed by atoms with E-state index < -0.39 is 13.9 Å². The fraction of sp³-hybridized carbons (Fsp3) is 0.348. The highest BCUT2D eigenvalue weighted by Crippen LogP contribution is 2.53. The number of nitrogens with zero attached hydrogens (tertiary/aromatic N) is 4. The van der Waals surface area contributed by atoms with E-state index in [1.54, 1.807) is 11.3 Å². The summed E-state index contributed by atoms with van der Waals surface area (Å²) in [6.07, 6.45) is 2.61. The molecule has 4 nitrogen and oxygen atoms in total. The first-order valence-corrected chi connectivity index (χ1v) is 21.4. The van der Waals surface area contributed by atoms with Crippen LogP contribution in [0.15, 0.2) is 70.1 Å². The second-order valence-corrected chi connectivity index (χ2v) is 17.5. The Morgan fingerprint density at radius 3 is 1.25 bits per heavy atom. The van der Waals surface area contributed by atoms with Crippen molar-refractivity contribution < 1.29 is 26.2 Å². The van der Waals surface area contributed by atoms with Crippen LogP contribution in [0.3, 0.4) is 0 Å². The van der Waals surface area contributed by atoms with Crippen LogP contribution in [-0.2, 0) is 12.8 Å². The first-order chi connectivity index (χ1) is 27.0. The van der Waals surface area contributed by atoms with Crippen molar-refractivity contribution in [2.45, 2.75) is 109 Å². The third-order valence-electron chi connectivity index (χ3n) is 14.1. The van der Waals surface area contributed by atoms with E-state index in [4.69, 9.17) is 0 Å². The van der Waals surface area contributed by atoms with Gasteiger partial charge in [0, 0.05) is 78.8 Å². The average Bonchev–Trinajstić information content (AvgIpc) is 3.90. The van der Waals surface area contributed by atoms with Gasteiger partial charge in [-0.2, -0.15) is 0 Å². The quantitative estimate of drug-likeness (QED) is 0.120. The number of hydrogen-bond donors (Lipinski definition) is 0. The van der Waals surface area contributed by atoms with Gasteiger partial charge in [-0.3, -0.25) is 0 Å². The van der Waals surface area contributed by atoms with Crippen molar-refractivity contribution in [3.8, 4) is 0 Å². The van der Waals surface area contributed by atoms with Gasteiger partial charge < -0.3 is 35.2 Å². The van der Waals surface area contributed by atoms with E-state index >= 15 is 17.3 Å². The smallest absolute Gasteiger partial charge is 0.393 e. The summed E-state index contributed by atoms with van der Waals surface area (Å²) in [5.41, 5.74) is 15.7. The SMILES string of the molecule is CCC1=C(C)C2=C(c3cccc4c3sc3c(C5=C6C(C)=C(CC)C(C)=[N+]6[B-](F)(F)n6c(C)c(CC)c(C)c65)cccc34)c3c(C)c(CC)c(C)n3[B-](F)(F)[N+]2=C1C. The van der Waals surface area contributed by atoms with Gasteiger partial charge >= 0.3 is 13.9 Å². The van der Waals surface area contributed by atoms with E-state index in [0.29, 0.717) is 71.3 Å². The van der Waals surface area contributed by atoms with Crippen LogP contribution in [0.4, 0.5) is 17.3 Å². The monoisotopic (exact) mass is 788 g/mol. The Morgan fingerprint density at radius 2 is 0.912 bits per heavy atom. The van der Waals surface area contributed by atoms with Gasteiger partial charge in [-0.25, -0.2) is 0 Å². The maximum Gasteiger partial charge on any atom is 0.737 e. The molecule has 0 N–H and O–H groups in total. The van der Waals surface area contributed by atoms with Gasteiger partial charge in [-0.15, -0.1) is 11.3 Å². The normalized spacial score (nSPS) is 18.7. The molecule has 294 valence electrons. The van der Waals surface area contributed by atoms with Crippen LogP contribution in [0.2, 0.25) is 0 Å². The minimum atomic E-state index is -4.17. The average molecular weight is 789 g/mol. The van der Waals surface area contributed by atoms with Crippen molar-refractivity contribution in [2.24, 2.45) is 0 Å². The van der Waals surface area contributed by atoms with Gasteiger partial charge in [-0.1, -0.05) is 64.1 Å². The summed E-state index contributed by atoms with van der Waals surface area (Å²) in [7, 11) is 0. The highest BCUT2D eigenvalue weighted by molar-refractivity contribution is 7.26. The van der Waals surface area contributed by atoms with E-state index in [1.807, 2.05) is 95.2 Å². The van der Waals surface area contributed by atoms with Gasteiger partial charge in [0.2, 0.25) is 0 Å². The number of halogens is 4. The molecule has 7 heterocycles. The molecule has 0 atom stereocenters. The molecule has 0 radical (unpaired) electrons. The number of benzene rings is 2. The zero-order valence-corrected chi connectivity index (χ0v) is 36.0. The molecule has 3 aromatic heterocycles. The molecule has 0 saturated carbocycles. The lowest BCUT2D eigenvalue weighted by Gasteiger charge is -2.34. The molecule has 0 unspecified atom stereocenters. The largest absolute Gasteiger partial charge is 0.737 e. The summed E-state index contributed by atoms with van der Waals surface area (Å²) < 4.78 is 76.1. The Labute approximate surface area is 337 Å². The van der Waals surface area contributed by atoms with E-state index in [-0.39, 0.29) is 0 Å². The van der Waals surface area contributed by atoms with Gasteiger partial charge in [0.05, 0.1) is 11.1 Å². The minimum absolute atomic E-state index is 0.591. The van der Waals surface area contributed by atoms with E-state index in [0.717, 1.165) is 87.0 Å². The second-order valence-electron chi connectivity index (χ2n) is 16.4. The topological polar surface area (TPSA) is 15.9 Å². The molecule has 11 heteroatoms. The molecule has 4 aliphatic heterocycles. The molecule has 0 saturated heterocycles. The maximum absolute atomic E-state index is 17.2. The third-order valence-corrected chi connectivity index (χ3v) is 15.3. The Kier molecular flexibility index (Phi) is 8.27. The van der Waals surface area contributed by atoms with Crippen LogP contribution in [-0.4, -0.2) is 43.3 Å². The maximum atomic E-state index is 17.2. The minimum Gasteiger partial charge on any atom is -0.393 e. The first-order valence-electron chi connectivity index (χ1n) is 20.6. The Morgan fingerprint density at radius 1 is 0.544 bits per heavy atom. The zero-order chi connectivity index (χ0) is 40.9. The molecule has 5 aromatic rings. The number of rotatable bonds is 6. The van der Waals surface area contributed by atoms with Crippen molar-refractivity contribution in [3.63, 3.8) is 0 Å². The lowest BCUT2D eigenvalue weighted by atomic mass is 9.83. The molecule has 0 amide bonds. The number of aromatic nitrogens is 2. The Bertz CT molecular complexity index is 2730. The molecule has 57 heavy (non-hydrogen) atoms. The van der Waals surface area contributed by atoms with Crippen molar-refractivity contribution in [1.29, 1.82) is 0 Å². The first kappa shape index (κ1) is 37.9. The second kappa shape index (κ2) is 12.4. The zero-order valence-electron chi connectivity index (χ0n) is 35.2. The van der Waals surface area contributed by atoms with Crippen LogP contribution in [0.5, 0.6) is 0 Å². The number of fused-ring (bicyclic) bond motifs is 7. The number of allylic oxidation sites excluding steroid dienone is 4. The summed E-state index contributed by atoms with van der Waals surface area (Å²) >= 11 is 1.65. The highest BCUT2D eigenvalue weighted by Gasteiger charge is 2.58. The van der Waals surface area contributed by atoms with Crippen LogP contribution in [0.25, 0.3) is 31.3 Å². The summed E-state index contributed by atoms with van der Waals surface area (Å²) in [6, 6.07) is 12.5. The summed E-state index contributed by atoms with van der Waals surface area (Å²) in [5.74, 6) is 0. The van der Waals surface area contributed by atoms with Crippen molar-refractivity contribution >= 4 is 68.0 Å². The van der Waals surface area contributed by atoms with Gasteiger partial charge in [-0.05, 0) is 101 Å². The van der Waals surface area contributed by atoms with Gasteiger partial charge in [0.25, 0.3) is 0 Å². The third kappa shape index (κ3) is 4.47. The predicted molar refractivity (Wildman–Crippen MR) is 233 cm³/mol. The molecular weight excluding hydrogens is 738 g/mol. The number of thiophene rings is 1. The molecule has 4 aliphatic rings. The lowest BCUT2D eigenvalue weighted by Crippen LogP contribution is -2.51. The van der Waals surface area contributed by atoms with Crippen LogP contribution < -0.4 is 0 Å². The number of hydrogen-bond acceptors (Lipinski definition) is 1. The van der Waals surface area contributed by atoms with E-state index in [2.05, 4.69) is 24.3 Å². The molecule has 0 fully saturated rings. The molecule has 9 rings (SSSR count). The molecule has 0 bridgehead atoms. The van der Waals surface area contributed by atoms with E-state index in [9.17, 15) is 0 Å². The van der Waals surface area contributed by atoms with Gasteiger partial charge in [0.1, 0.15) is 11.4 Å². The molecular formula is C46H50B2F4N4S. The lowest BCUT2D eigenvalue weighted by molar-refractivity contribution is -0.364. The van der Waals surface area contributed by atoms with Crippen LogP contribution >= 0.6 is 11.3 Å². The highest BCUT2D eigenvalue weighted by atomic mass is 32.1. The van der Waals surface area contributed by atoms with Crippen LogP contribution in [0, 0.1) is 27.7 Å². The van der Waals surface area contributed by atoms with Crippen LogP contribution in [0.1, 0.15) is 124 Å². The van der Waals surface area contributed by atoms with Crippen molar-refractivity contribution in [1.82, 2.24) is 8.96 Å². The fourth-order valence-corrected chi connectivity index (χ4v) is 13.0. The Balaban J connectivity index is 1.43. The summed E-state index contributed by atoms with van der Waals surface area (Å²) in [5, 5.41) is 2.05. The van der Waals surface area contributed by atoms with Gasteiger partial charge in [0.15, 0.2) is 11.4 Å². The standard InChI is InChI=1S/C46H50B2F4N4S/c1-13-31-23(5)41-39(42-24(6)32(14-2)28(10)54(42)47(49,50)53(41)27(31)9)37-21-17-19-35-36-20-18-22-38(46(36)57-45(35)37)40-43-25(7)33(15-3)29(11)55(43)48(51,52)56-30(12)34(16-4)26(8)44(40)56/h17-22H,13-16H2,1-12H3. The van der Waals surface area contributed by atoms with Crippen molar-refractivity contribution in [3.05, 3.63) is 126 Å². The Hall–Kier alpha value is -4.63. The van der Waals surface area contributed by atoms with E-state index in [1.165, 1.54) is 17.9 Å². The molecule has 2 aromatic carbocycles. The molecule has 0 spiro atoms. The summed E-state index contributed by atoms with van der Waals surface area (Å²) in [4.78, 5) is 0. The van der Waals surface area contributed by atoms with Crippen molar-refractivity contribution in [2.75, 3.05) is 0 Å². The fourth-order valence-electron chi connectivity index (χ4n) is 11.7. The molecule has 0 aliphatic carbocycles. The predicted octanol–water partition coefficient (Wildman–Crippen LogP) is 12.4. The summed E-state index contributed by atoms with van der Waals surface area (Å²) in [6.45, 7) is 15.2.